The molecule has 3 rings (SSSR count). The van der Waals surface area contributed by atoms with E-state index in [1.807, 2.05) is 63.8 Å². The molecular weight excluding hydrogens is 552 g/mol. The molecule has 1 N–H and O–H groups in total. The third-order valence-electron chi connectivity index (χ3n) is 7.43. The van der Waals surface area contributed by atoms with Gasteiger partial charge in [0.05, 0.1) is 0 Å². The molecule has 0 aromatic heterocycles. The van der Waals surface area contributed by atoms with Crippen molar-refractivity contribution in [3.8, 4) is 12.1 Å². The summed E-state index contributed by atoms with van der Waals surface area (Å²) in [4.78, 5) is 31.9. The minimum atomic E-state index is -0.553. The van der Waals surface area contributed by atoms with Crippen molar-refractivity contribution in [1.82, 2.24) is 15.1 Å². The van der Waals surface area contributed by atoms with Gasteiger partial charge >= 0.3 is 5.97 Å². The smallest absolute Gasteiger partial charge is 0.323 e. The van der Waals surface area contributed by atoms with E-state index < -0.39 is 11.6 Å². The number of esters is 1. The van der Waals surface area contributed by atoms with E-state index in [2.05, 4.69) is 54.4 Å². The number of carbonyl (C=O) groups is 2. The standard InChI is InChI=1S/C35H46N6O3/c1-8-31(34(43)44-35(5,6)7)38-23-27-11-10-12-30(20-27)41(9-2)32(42)13-14-39-15-16-40(33(39)29(21-36)22-37)24-28-18-25(3)17-26(4)19-28/h10-12,17-20,31,38H,8-9,13-16,23-24H2,1-7H3. The molecule has 9 heteroatoms. The van der Waals surface area contributed by atoms with Crippen molar-refractivity contribution >= 4 is 17.6 Å². The molecule has 2 aromatic rings. The van der Waals surface area contributed by atoms with Gasteiger partial charge in [0.25, 0.3) is 0 Å². The van der Waals surface area contributed by atoms with Gasteiger partial charge in [-0.15, -0.1) is 0 Å². The summed E-state index contributed by atoms with van der Waals surface area (Å²) in [7, 11) is 0. The Hall–Kier alpha value is -4.34. The van der Waals surface area contributed by atoms with Crippen LogP contribution in [-0.2, 0) is 27.4 Å². The molecule has 1 heterocycles. The summed E-state index contributed by atoms with van der Waals surface area (Å²) in [5, 5.41) is 22.8. The number of allylic oxidation sites excluding steroid dienone is 1. The summed E-state index contributed by atoms with van der Waals surface area (Å²) in [6.07, 6.45) is 0.834. The number of nitrogens with one attached hydrogen (secondary N) is 1. The largest absolute Gasteiger partial charge is 0.459 e. The van der Waals surface area contributed by atoms with Gasteiger partial charge in [0.1, 0.15) is 29.6 Å². The van der Waals surface area contributed by atoms with Gasteiger partial charge in [-0.25, -0.2) is 0 Å². The first kappa shape index (κ1) is 34.2. The van der Waals surface area contributed by atoms with Gasteiger partial charge in [0.15, 0.2) is 5.57 Å². The van der Waals surface area contributed by atoms with Crippen LogP contribution in [0.25, 0.3) is 0 Å². The highest BCUT2D eigenvalue weighted by molar-refractivity contribution is 5.93. The van der Waals surface area contributed by atoms with Crippen LogP contribution in [0.1, 0.15) is 69.7 Å². The highest BCUT2D eigenvalue weighted by atomic mass is 16.6. The van der Waals surface area contributed by atoms with Crippen LogP contribution in [0.4, 0.5) is 5.69 Å². The van der Waals surface area contributed by atoms with Crippen LogP contribution in [0.15, 0.2) is 53.9 Å². The number of anilines is 1. The lowest BCUT2D eigenvalue weighted by Gasteiger charge is -2.27. The van der Waals surface area contributed by atoms with Gasteiger partial charge < -0.3 is 24.8 Å². The molecule has 1 fully saturated rings. The second-order valence-corrected chi connectivity index (χ2v) is 12.3. The van der Waals surface area contributed by atoms with Crippen LogP contribution in [-0.4, -0.2) is 59.5 Å². The fourth-order valence-corrected chi connectivity index (χ4v) is 5.56. The normalized spacial score (nSPS) is 13.7. The zero-order valence-electron chi connectivity index (χ0n) is 27.2. The number of hydrogen-bond donors (Lipinski definition) is 1. The molecule has 0 aliphatic carbocycles. The fraction of sp³-hybridized carbons (Fsp3) is 0.486. The van der Waals surface area contributed by atoms with Crippen molar-refractivity contribution in [3.05, 3.63) is 76.1 Å². The van der Waals surface area contributed by atoms with Gasteiger partial charge in [-0.05, 0) is 71.2 Å². The molecule has 0 spiro atoms. The monoisotopic (exact) mass is 598 g/mol. The Bertz CT molecular complexity index is 1410. The summed E-state index contributed by atoms with van der Waals surface area (Å²) in [6, 6.07) is 17.8. The average molecular weight is 599 g/mol. The predicted molar refractivity (Wildman–Crippen MR) is 172 cm³/mol. The number of aryl methyl sites for hydroxylation is 2. The van der Waals surface area contributed by atoms with Crippen molar-refractivity contribution in [1.29, 1.82) is 10.5 Å². The highest BCUT2D eigenvalue weighted by Gasteiger charge is 2.30. The molecule has 234 valence electrons. The summed E-state index contributed by atoms with van der Waals surface area (Å²) in [5.41, 5.74) is 4.70. The van der Waals surface area contributed by atoms with Crippen LogP contribution < -0.4 is 10.2 Å². The summed E-state index contributed by atoms with van der Waals surface area (Å²) < 4.78 is 5.54. The molecule has 44 heavy (non-hydrogen) atoms. The number of nitriles is 2. The van der Waals surface area contributed by atoms with Crippen LogP contribution >= 0.6 is 0 Å². The maximum atomic E-state index is 13.5. The van der Waals surface area contributed by atoms with Gasteiger partial charge in [-0.1, -0.05) is 48.4 Å². The lowest BCUT2D eigenvalue weighted by Crippen LogP contribution is -2.40. The quantitative estimate of drug-likeness (QED) is 0.258. The van der Waals surface area contributed by atoms with Crippen molar-refractivity contribution in [2.75, 3.05) is 31.1 Å². The number of carbonyl (C=O) groups excluding carboxylic acids is 2. The average Bonchev–Trinajstić information content (AvgIpc) is 3.34. The Labute approximate surface area is 262 Å². The lowest BCUT2D eigenvalue weighted by atomic mass is 10.1. The number of rotatable bonds is 12. The van der Waals surface area contributed by atoms with Gasteiger partial charge in [0, 0.05) is 51.4 Å². The molecule has 0 radical (unpaired) electrons. The minimum absolute atomic E-state index is 0.0413. The number of amides is 1. The van der Waals surface area contributed by atoms with Crippen LogP contribution in [0.5, 0.6) is 0 Å². The number of benzene rings is 2. The van der Waals surface area contributed by atoms with Gasteiger partial charge in [0.2, 0.25) is 5.91 Å². The Morgan fingerprint density at radius 1 is 1.00 bits per heavy atom. The van der Waals surface area contributed by atoms with E-state index in [4.69, 9.17) is 4.74 Å². The minimum Gasteiger partial charge on any atom is -0.459 e. The van der Waals surface area contributed by atoms with Gasteiger partial charge in [-0.2, -0.15) is 10.5 Å². The van der Waals surface area contributed by atoms with E-state index in [1.54, 1.807) is 4.90 Å². The first-order valence-electron chi connectivity index (χ1n) is 15.4. The molecule has 0 bridgehead atoms. The molecule has 2 aromatic carbocycles. The summed E-state index contributed by atoms with van der Waals surface area (Å²) >= 11 is 0. The molecule has 1 atom stereocenters. The molecule has 1 unspecified atom stereocenters. The van der Waals surface area contributed by atoms with Crippen molar-refractivity contribution in [3.63, 3.8) is 0 Å². The van der Waals surface area contributed by atoms with Crippen LogP contribution in [0.3, 0.4) is 0 Å². The van der Waals surface area contributed by atoms with Crippen LogP contribution in [0, 0.1) is 36.5 Å². The van der Waals surface area contributed by atoms with Gasteiger partial charge in [-0.3, -0.25) is 9.59 Å². The van der Waals surface area contributed by atoms with E-state index in [9.17, 15) is 20.1 Å². The summed E-state index contributed by atoms with van der Waals surface area (Å²) in [5.74, 6) is 0.272. The highest BCUT2D eigenvalue weighted by Crippen LogP contribution is 2.26. The van der Waals surface area contributed by atoms with E-state index in [0.717, 1.165) is 16.8 Å². The maximum Gasteiger partial charge on any atom is 0.323 e. The van der Waals surface area contributed by atoms with Crippen LogP contribution in [0.2, 0.25) is 0 Å². The van der Waals surface area contributed by atoms with Crippen molar-refractivity contribution < 1.29 is 14.3 Å². The van der Waals surface area contributed by atoms with E-state index in [0.29, 0.717) is 51.5 Å². The first-order chi connectivity index (χ1) is 20.9. The maximum absolute atomic E-state index is 13.5. The Morgan fingerprint density at radius 2 is 1.66 bits per heavy atom. The molecule has 9 nitrogen and oxygen atoms in total. The zero-order valence-corrected chi connectivity index (χ0v) is 27.2. The summed E-state index contributed by atoms with van der Waals surface area (Å²) in [6.45, 7) is 16.8. The van der Waals surface area contributed by atoms with E-state index >= 15 is 0 Å². The first-order valence-corrected chi connectivity index (χ1v) is 15.4. The number of ether oxygens (including phenoxy) is 1. The number of hydrogen-bond acceptors (Lipinski definition) is 8. The van der Waals surface area contributed by atoms with E-state index in [1.165, 1.54) is 11.1 Å². The molecular formula is C35H46N6O3. The SMILES string of the molecule is CCC(NCc1cccc(N(CC)C(=O)CCN2CCN(Cc3cc(C)cc(C)c3)C2=C(C#N)C#N)c1)C(=O)OC(C)(C)C. The Balaban J connectivity index is 1.69. The molecule has 1 aliphatic heterocycles. The molecule has 1 amide bonds. The fourth-order valence-electron chi connectivity index (χ4n) is 5.56. The number of nitrogens with zero attached hydrogens (tertiary/aromatic N) is 5. The van der Waals surface area contributed by atoms with Crippen molar-refractivity contribution in [2.45, 2.75) is 86.0 Å². The zero-order chi connectivity index (χ0) is 32.4. The topological polar surface area (TPSA) is 113 Å². The Morgan fingerprint density at radius 3 is 2.25 bits per heavy atom. The molecule has 1 saturated heterocycles. The molecule has 1 aliphatic rings. The third kappa shape index (κ3) is 9.33. The second kappa shape index (κ2) is 15.4. The lowest BCUT2D eigenvalue weighted by molar-refractivity contribution is -0.157. The third-order valence-corrected chi connectivity index (χ3v) is 7.43. The van der Waals surface area contributed by atoms with Crippen molar-refractivity contribution in [2.24, 2.45) is 0 Å². The predicted octanol–water partition coefficient (Wildman–Crippen LogP) is 5.33. The molecule has 0 saturated carbocycles. The Kier molecular flexibility index (Phi) is 12.0. The van der Waals surface area contributed by atoms with E-state index in [-0.39, 0.29) is 23.9 Å². The second-order valence-electron chi connectivity index (χ2n) is 12.3.